The lowest BCUT2D eigenvalue weighted by Crippen LogP contribution is -1.98. The average Bonchev–Trinajstić information content (AvgIpc) is 3.97. The number of allylic oxidation sites excluding steroid dienone is 1. The summed E-state index contributed by atoms with van der Waals surface area (Å²) in [7, 11) is 0. The van der Waals surface area contributed by atoms with Gasteiger partial charge in [0.1, 0.15) is 11.2 Å². The summed E-state index contributed by atoms with van der Waals surface area (Å²) in [5.41, 5.74) is 26.6. The van der Waals surface area contributed by atoms with Crippen molar-refractivity contribution in [1.29, 1.82) is 0 Å². The number of nitrogens with two attached hydrogens (primary N) is 1. The Morgan fingerprint density at radius 1 is 0.469 bits per heavy atom. The van der Waals surface area contributed by atoms with E-state index >= 15 is 0 Å². The van der Waals surface area contributed by atoms with Crippen molar-refractivity contribution >= 4 is 66.5 Å². The first-order valence-electron chi connectivity index (χ1n) is 21.5. The van der Waals surface area contributed by atoms with Crippen LogP contribution in [0.1, 0.15) is 18.3 Å². The second-order valence-corrected chi connectivity index (χ2v) is 16.4. The number of hydrogen-bond acceptors (Lipinski definition) is 5. The summed E-state index contributed by atoms with van der Waals surface area (Å²) in [6, 6.07) is 55.9. The van der Waals surface area contributed by atoms with Crippen LogP contribution in [0.15, 0.2) is 193 Å². The van der Waals surface area contributed by atoms with E-state index in [0.29, 0.717) is 0 Å². The molecule has 0 fully saturated rings. The van der Waals surface area contributed by atoms with Crippen molar-refractivity contribution < 1.29 is 4.42 Å². The molecule has 0 saturated heterocycles. The fourth-order valence-corrected chi connectivity index (χ4v) is 9.43. The standard InChI is InChI=1S/C57H40N6O/c1-3-6-52-56(58)48-31-42(40-9-4-7-38(29-40)36-21-25-59-26-22-36)12-17-50(48)62(52)44-14-19-54-46(33-44)47-34-45(15-20-55(47)64-54)63-51-18-13-43(32-49(51)57-53(63)16-11-35(2)61-57)41-10-5-8-39(30-41)37-23-27-60-28-24-37/h3-34H,58H2,1-2H3/b6-3-. The number of aromatic nitrogens is 5. The predicted molar refractivity (Wildman–Crippen MR) is 264 cm³/mol. The SMILES string of the molecule is C/C=C\c1c(N)c2cc(-c3cccc(-c4ccncc4)c3)ccc2n1-c1ccc2oc3ccc(-n4c5ccc(-c6cccc(-c7ccncc7)c6)cc5c5nc(C)ccc54)cc3c2c1. The van der Waals surface area contributed by atoms with Crippen LogP contribution in [0.4, 0.5) is 5.69 Å². The molecule has 12 rings (SSSR count). The molecule has 0 aliphatic heterocycles. The second kappa shape index (κ2) is 14.8. The van der Waals surface area contributed by atoms with E-state index in [1.807, 2.05) is 62.1 Å². The highest BCUT2D eigenvalue weighted by Crippen LogP contribution is 2.40. The first-order valence-corrected chi connectivity index (χ1v) is 21.5. The molecule has 0 saturated carbocycles. The van der Waals surface area contributed by atoms with Gasteiger partial charge in [-0.15, -0.1) is 0 Å². The summed E-state index contributed by atoms with van der Waals surface area (Å²) >= 11 is 0. The molecule has 0 atom stereocenters. The fourth-order valence-electron chi connectivity index (χ4n) is 9.43. The molecule has 0 amide bonds. The van der Waals surface area contributed by atoms with Crippen molar-refractivity contribution in [2.24, 2.45) is 0 Å². The normalized spacial score (nSPS) is 11.9. The van der Waals surface area contributed by atoms with Gasteiger partial charge in [0, 0.05) is 63.4 Å². The molecule has 2 N–H and O–H groups in total. The molecule has 12 aromatic rings. The zero-order valence-electron chi connectivity index (χ0n) is 35.2. The Kier molecular flexibility index (Phi) is 8.62. The topological polar surface area (TPSA) is 87.7 Å². The summed E-state index contributed by atoms with van der Waals surface area (Å²) in [6.07, 6.45) is 11.5. The smallest absolute Gasteiger partial charge is 0.135 e. The van der Waals surface area contributed by atoms with E-state index in [0.717, 1.165) is 128 Å². The van der Waals surface area contributed by atoms with Crippen LogP contribution in [0.5, 0.6) is 0 Å². The van der Waals surface area contributed by atoms with Gasteiger partial charge in [0.25, 0.3) is 0 Å². The lowest BCUT2D eigenvalue weighted by atomic mass is 9.98. The number of rotatable bonds is 7. The van der Waals surface area contributed by atoms with E-state index in [4.69, 9.17) is 15.1 Å². The maximum atomic E-state index is 7.05. The summed E-state index contributed by atoms with van der Waals surface area (Å²) in [5, 5.41) is 4.15. The lowest BCUT2D eigenvalue weighted by Gasteiger charge is -2.11. The highest BCUT2D eigenvalue weighted by atomic mass is 16.3. The number of pyridine rings is 3. The van der Waals surface area contributed by atoms with Crippen molar-refractivity contribution in [2.45, 2.75) is 13.8 Å². The van der Waals surface area contributed by atoms with Crippen LogP contribution >= 0.6 is 0 Å². The third kappa shape index (κ3) is 6.08. The molecule has 0 bridgehead atoms. The molecule has 0 aliphatic rings. The van der Waals surface area contributed by atoms with Crippen LogP contribution in [0, 0.1) is 6.92 Å². The molecule has 64 heavy (non-hydrogen) atoms. The summed E-state index contributed by atoms with van der Waals surface area (Å²) in [5.74, 6) is 0. The van der Waals surface area contributed by atoms with Crippen molar-refractivity contribution in [1.82, 2.24) is 24.1 Å². The molecule has 7 heteroatoms. The minimum atomic E-state index is 0.736. The number of fused-ring (bicyclic) bond motifs is 7. The van der Waals surface area contributed by atoms with Gasteiger partial charge in [-0.25, -0.2) is 0 Å². The molecule has 6 heterocycles. The average molecular weight is 825 g/mol. The Morgan fingerprint density at radius 2 is 0.969 bits per heavy atom. The maximum Gasteiger partial charge on any atom is 0.135 e. The van der Waals surface area contributed by atoms with Crippen LogP contribution < -0.4 is 5.73 Å². The third-order valence-electron chi connectivity index (χ3n) is 12.5. The molecule has 7 nitrogen and oxygen atoms in total. The number of nitrogen functional groups attached to an aromatic ring is 1. The molecule has 0 aliphatic carbocycles. The zero-order valence-corrected chi connectivity index (χ0v) is 35.2. The molecule has 6 aromatic carbocycles. The van der Waals surface area contributed by atoms with Gasteiger partial charge in [0.2, 0.25) is 0 Å². The van der Waals surface area contributed by atoms with Crippen LogP contribution in [0.25, 0.3) is 117 Å². The first-order chi connectivity index (χ1) is 31.5. The van der Waals surface area contributed by atoms with Gasteiger partial charge in [-0.3, -0.25) is 15.0 Å². The predicted octanol–water partition coefficient (Wildman–Crippen LogP) is 14.4. The molecular weight excluding hydrogens is 785 g/mol. The van der Waals surface area contributed by atoms with Gasteiger partial charge in [-0.05, 0) is 174 Å². The van der Waals surface area contributed by atoms with Gasteiger partial charge in [0.05, 0.1) is 33.4 Å². The van der Waals surface area contributed by atoms with E-state index < -0.39 is 0 Å². The van der Waals surface area contributed by atoms with Crippen LogP contribution in [-0.4, -0.2) is 24.1 Å². The highest BCUT2D eigenvalue weighted by molar-refractivity contribution is 6.11. The van der Waals surface area contributed by atoms with Crippen molar-refractivity contribution in [3.63, 3.8) is 0 Å². The number of hydrogen-bond donors (Lipinski definition) is 1. The quantitative estimate of drug-likeness (QED) is 0.173. The monoisotopic (exact) mass is 824 g/mol. The van der Waals surface area contributed by atoms with Gasteiger partial charge >= 0.3 is 0 Å². The minimum Gasteiger partial charge on any atom is -0.456 e. The van der Waals surface area contributed by atoms with Gasteiger partial charge in [-0.1, -0.05) is 54.6 Å². The molecule has 0 unspecified atom stereocenters. The molecule has 0 radical (unpaired) electrons. The zero-order chi connectivity index (χ0) is 42.9. The van der Waals surface area contributed by atoms with Crippen LogP contribution in [0.3, 0.4) is 0 Å². The number of nitrogens with zero attached hydrogens (tertiary/aromatic N) is 5. The van der Waals surface area contributed by atoms with E-state index in [9.17, 15) is 0 Å². The van der Waals surface area contributed by atoms with Gasteiger partial charge in [0.15, 0.2) is 0 Å². The van der Waals surface area contributed by atoms with Crippen LogP contribution in [-0.2, 0) is 0 Å². The Bertz CT molecular complexity index is 3820. The number of aryl methyl sites for hydroxylation is 1. The Labute approximate surface area is 369 Å². The van der Waals surface area contributed by atoms with E-state index in [1.165, 1.54) is 0 Å². The Balaban J connectivity index is 0.976. The summed E-state index contributed by atoms with van der Waals surface area (Å²) in [4.78, 5) is 13.5. The Hall–Kier alpha value is -8.55. The fraction of sp³-hybridized carbons (Fsp3) is 0.0351. The molecule has 304 valence electrons. The lowest BCUT2D eigenvalue weighted by molar-refractivity contribution is 0.669. The third-order valence-corrected chi connectivity index (χ3v) is 12.5. The Morgan fingerprint density at radius 3 is 1.55 bits per heavy atom. The first kappa shape index (κ1) is 37.2. The van der Waals surface area contributed by atoms with Gasteiger partial charge in [-0.2, -0.15) is 0 Å². The van der Waals surface area contributed by atoms with E-state index in [-0.39, 0.29) is 0 Å². The van der Waals surface area contributed by atoms with E-state index in [2.05, 4.69) is 166 Å². The molecule has 0 spiro atoms. The van der Waals surface area contributed by atoms with Crippen molar-refractivity contribution in [2.75, 3.05) is 5.73 Å². The maximum absolute atomic E-state index is 7.05. The number of furan rings is 1. The minimum absolute atomic E-state index is 0.736. The van der Waals surface area contributed by atoms with E-state index in [1.54, 1.807) is 0 Å². The van der Waals surface area contributed by atoms with Crippen molar-refractivity contribution in [3.05, 3.63) is 200 Å². The summed E-state index contributed by atoms with van der Waals surface area (Å²) in [6.45, 7) is 4.08. The van der Waals surface area contributed by atoms with Gasteiger partial charge < -0.3 is 19.3 Å². The largest absolute Gasteiger partial charge is 0.456 e. The number of anilines is 1. The summed E-state index contributed by atoms with van der Waals surface area (Å²) < 4.78 is 11.1. The van der Waals surface area contributed by atoms with Crippen LogP contribution in [0.2, 0.25) is 0 Å². The second-order valence-electron chi connectivity index (χ2n) is 16.4. The molecular formula is C57H40N6O. The highest BCUT2D eigenvalue weighted by Gasteiger charge is 2.20. The van der Waals surface area contributed by atoms with Crippen molar-refractivity contribution in [3.8, 4) is 55.9 Å². The molecule has 6 aromatic heterocycles. The number of benzene rings is 6.